The number of rotatable bonds is 23. The number of carbonyl (C=O) groups excluding carboxylic acids is 1. The van der Waals surface area contributed by atoms with Crippen LogP contribution in [0.1, 0.15) is 123 Å². The molecule has 0 heterocycles. The summed E-state index contributed by atoms with van der Waals surface area (Å²) in [6.07, 6.45) is 20.1. The molecule has 0 amide bonds. The molecule has 5 heteroatoms. The van der Waals surface area contributed by atoms with Gasteiger partial charge in [-0.1, -0.05) is 90.9 Å². The maximum absolute atomic E-state index is 12.3. The van der Waals surface area contributed by atoms with E-state index in [1.165, 1.54) is 77.0 Å². The highest BCUT2D eigenvalue weighted by atomic mass is 16.6. The molecule has 1 N–H and O–H groups in total. The zero-order valence-corrected chi connectivity index (χ0v) is 21.3. The molecule has 1 atom stereocenters. The molecule has 1 aliphatic rings. The van der Waals surface area contributed by atoms with Gasteiger partial charge in [-0.15, -0.1) is 0 Å². The second kappa shape index (κ2) is 20.9. The van der Waals surface area contributed by atoms with Gasteiger partial charge in [0.05, 0.1) is 13.2 Å². The van der Waals surface area contributed by atoms with E-state index in [1.54, 1.807) is 0 Å². The number of nitrogens with zero attached hydrogens (tertiary/aromatic N) is 1. The number of hydrogen-bond acceptors (Lipinski definition) is 5. The minimum Gasteiger partial charge on any atom is -0.459 e. The minimum absolute atomic E-state index is 0.108. The van der Waals surface area contributed by atoms with Gasteiger partial charge in [0.2, 0.25) is 0 Å². The maximum Gasteiger partial charge on any atom is 0.306 e. The van der Waals surface area contributed by atoms with Crippen molar-refractivity contribution >= 4 is 5.97 Å². The largest absolute Gasteiger partial charge is 0.459 e. The van der Waals surface area contributed by atoms with Crippen LogP contribution in [0.3, 0.4) is 0 Å². The molecule has 1 rings (SSSR count). The third-order valence-electron chi connectivity index (χ3n) is 6.64. The van der Waals surface area contributed by atoms with Gasteiger partial charge in [0.25, 0.3) is 0 Å². The lowest BCUT2D eigenvalue weighted by molar-refractivity contribution is -0.154. The predicted molar refractivity (Wildman–Crippen MR) is 133 cm³/mol. The van der Waals surface area contributed by atoms with Crippen LogP contribution in [-0.2, 0) is 14.3 Å². The Morgan fingerprint density at radius 2 is 1.50 bits per heavy atom. The molecule has 5 nitrogen and oxygen atoms in total. The molecular formula is C27H53NO4. The zero-order valence-electron chi connectivity index (χ0n) is 21.3. The first-order valence-corrected chi connectivity index (χ1v) is 13.8. The van der Waals surface area contributed by atoms with Crippen molar-refractivity contribution in [1.82, 2.24) is 4.90 Å². The first-order chi connectivity index (χ1) is 15.7. The highest BCUT2D eigenvalue weighted by Gasteiger charge is 2.28. The molecular weight excluding hydrogens is 402 g/mol. The van der Waals surface area contributed by atoms with E-state index in [-0.39, 0.29) is 18.7 Å². The van der Waals surface area contributed by atoms with Crippen LogP contribution in [0.4, 0.5) is 0 Å². The fourth-order valence-electron chi connectivity index (χ4n) is 4.36. The number of hydrogen-bond donors (Lipinski definition) is 1. The third-order valence-corrected chi connectivity index (χ3v) is 6.64. The van der Waals surface area contributed by atoms with E-state index >= 15 is 0 Å². The Morgan fingerprint density at radius 3 is 2.06 bits per heavy atom. The summed E-state index contributed by atoms with van der Waals surface area (Å²) in [6.45, 7) is 7.07. The van der Waals surface area contributed by atoms with E-state index < -0.39 is 0 Å². The Balaban J connectivity index is 2.23. The van der Waals surface area contributed by atoms with Crippen molar-refractivity contribution < 1.29 is 19.4 Å². The van der Waals surface area contributed by atoms with Crippen molar-refractivity contribution in [2.24, 2.45) is 0 Å². The van der Waals surface area contributed by atoms with Crippen molar-refractivity contribution in [2.45, 2.75) is 135 Å². The average molecular weight is 456 g/mol. The molecule has 0 saturated heterocycles. The normalized spacial score (nSPS) is 15.1. The highest BCUT2D eigenvalue weighted by molar-refractivity contribution is 5.69. The molecule has 0 aromatic rings. The molecule has 32 heavy (non-hydrogen) atoms. The first-order valence-electron chi connectivity index (χ1n) is 13.8. The van der Waals surface area contributed by atoms with E-state index in [0.29, 0.717) is 32.2 Å². The fraction of sp³-hybridized carbons (Fsp3) is 0.963. The Hall–Kier alpha value is -0.650. The molecule has 0 spiro atoms. The van der Waals surface area contributed by atoms with E-state index in [0.717, 1.165) is 32.3 Å². The number of ether oxygens (including phenoxy) is 2. The number of unbranched alkanes of at least 4 members (excludes halogenated alkanes) is 11. The lowest BCUT2D eigenvalue weighted by Gasteiger charge is -2.38. The quantitative estimate of drug-likeness (QED) is 0.145. The lowest BCUT2D eigenvalue weighted by Crippen LogP contribution is -2.47. The Bertz CT molecular complexity index is 428. The summed E-state index contributed by atoms with van der Waals surface area (Å²) in [5.74, 6) is -0.108. The molecule has 0 radical (unpaired) electrons. The number of esters is 1. The number of aliphatic hydroxyl groups is 1. The zero-order chi connectivity index (χ0) is 23.3. The summed E-state index contributed by atoms with van der Waals surface area (Å²) in [6, 6.07) is 0.519. The summed E-state index contributed by atoms with van der Waals surface area (Å²) in [7, 11) is 0. The van der Waals surface area contributed by atoms with Crippen LogP contribution in [-0.4, -0.2) is 61.0 Å². The topological polar surface area (TPSA) is 59.0 Å². The van der Waals surface area contributed by atoms with Gasteiger partial charge in [-0.05, 0) is 25.7 Å². The minimum atomic E-state index is -0.237. The summed E-state index contributed by atoms with van der Waals surface area (Å²) >= 11 is 0. The van der Waals surface area contributed by atoms with Crippen molar-refractivity contribution in [1.29, 1.82) is 0 Å². The van der Waals surface area contributed by atoms with Crippen molar-refractivity contribution in [3.63, 3.8) is 0 Å². The van der Waals surface area contributed by atoms with Gasteiger partial charge in [0, 0.05) is 32.2 Å². The molecule has 0 bridgehead atoms. The predicted octanol–water partition coefficient (Wildman–Crippen LogP) is 6.26. The van der Waals surface area contributed by atoms with Gasteiger partial charge in [-0.25, -0.2) is 0 Å². The molecule has 0 aromatic heterocycles. The summed E-state index contributed by atoms with van der Waals surface area (Å²) < 4.78 is 11.7. The van der Waals surface area contributed by atoms with Crippen LogP contribution < -0.4 is 0 Å². The van der Waals surface area contributed by atoms with E-state index in [1.807, 2.05) is 0 Å². The molecule has 1 fully saturated rings. The molecule has 190 valence electrons. The molecule has 0 aromatic carbocycles. The van der Waals surface area contributed by atoms with E-state index in [9.17, 15) is 9.90 Å². The van der Waals surface area contributed by atoms with Gasteiger partial charge >= 0.3 is 5.97 Å². The Kier molecular flexibility index (Phi) is 19.2. The highest BCUT2D eigenvalue weighted by Crippen LogP contribution is 2.25. The monoisotopic (exact) mass is 455 g/mol. The lowest BCUT2D eigenvalue weighted by atomic mass is 9.91. The van der Waals surface area contributed by atoms with Crippen molar-refractivity contribution in [3.8, 4) is 0 Å². The van der Waals surface area contributed by atoms with E-state index in [4.69, 9.17) is 9.47 Å². The Labute approximate surface area is 198 Å². The van der Waals surface area contributed by atoms with Crippen LogP contribution in [0.15, 0.2) is 0 Å². The van der Waals surface area contributed by atoms with Crippen molar-refractivity contribution in [2.75, 3.05) is 32.9 Å². The fourth-order valence-corrected chi connectivity index (χ4v) is 4.36. The first kappa shape index (κ1) is 29.4. The second-order valence-electron chi connectivity index (χ2n) is 9.63. The summed E-state index contributed by atoms with van der Waals surface area (Å²) in [4.78, 5) is 14.6. The number of carbonyl (C=O) groups is 1. The van der Waals surface area contributed by atoms with Crippen LogP contribution in [0, 0.1) is 0 Å². The van der Waals surface area contributed by atoms with E-state index in [2.05, 4.69) is 18.7 Å². The van der Waals surface area contributed by atoms with Gasteiger partial charge in [-0.3, -0.25) is 9.69 Å². The molecule has 1 aliphatic carbocycles. The van der Waals surface area contributed by atoms with Crippen LogP contribution in [0.25, 0.3) is 0 Å². The SMILES string of the molecule is CCCCCCCCCCCCOCC(CN(CCO)C1CCC1)OC(=O)CCCCC. The van der Waals surface area contributed by atoms with Crippen LogP contribution in [0.2, 0.25) is 0 Å². The van der Waals surface area contributed by atoms with Crippen LogP contribution in [0.5, 0.6) is 0 Å². The smallest absolute Gasteiger partial charge is 0.306 e. The molecule has 0 aliphatic heterocycles. The summed E-state index contributed by atoms with van der Waals surface area (Å²) in [5, 5.41) is 9.45. The Morgan fingerprint density at radius 1 is 0.906 bits per heavy atom. The van der Waals surface area contributed by atoms with Gasteiger partial charge in [-0.2, -0.15) is 0 Å². The number of aliphatic hydroxyl groups excluding tert-OH is 1. The van der Waals surface area contributed by atoms with Crippen molar-refractivity contribution in [3.05, 3.63) is 0 Å². The van der Waals surface area contributed by atoms with Gasteiger partial charge in [0.15, 0.2) is 0 Å². The average Bonchev–Trinajstić information content (AvgIpc) is 2.73. The molecule has 1 unspecified atom stereocenters. The second-order valence-corrected chi connectivity index (χ2v) is 9.63. The third kappa shape index (κ3) is 15.2. The molecule has 1 saturated carbocycles. The maximum atomic E-state index is 12.3. The van der Waals surface area contributed by atoms with Crippen LogP contribution >= 0.6 is 0 Å². The standard InChI is InChI=1S/C27H53NO4/c1-3-5-7-8-9-10-11-12-13-15-22-31-24-26(32-27(30)19-14-6-4-2)23-28(20-21-29)25-17-16-18-25/h25-26,29H,3-24H2,1-2H3. The van der Waals surface area contributed by atoms with Gasteiger partial charge in [0.1, 0.15) is 6.10 Å². The van der Waals surface area contributed by atoms with Gasteiger partial charge < -0.3 is 14.6 Å². The summed E-state index contributed by atoms with van der Waals surface area (Å²) in [5.41, 5.74) is 0.